The van der Waals surface area contributed by atoms with Gasteiger partial charge in [-0.2, -0.15) is 5.10 Å². The first-order chi connectivity index (χ1) is 10.1. The molecule has 0 bridgehead atoms. The number of thiocarbonyl (C=S) groups is 1. The Balaban J connectivity index is 2.30. The Kier molecular flexibility index (Phi) is 5.06. The number of carbonyl (C=O) groups is 1. The molecule has 21 heavy (non-hydrogen) atoms. The summed E-state index contributed by atoms with van der Waals surface area (Å²) in [7, 11) is 0. The van der Waals surface area contributed by atoms with Crippen molar-refractivity contribution in [2.24, 2.45) is 5.73 Å². The van der Waals surface area contributed by atoms with Crippen molar-refractivity contribution in [2.45, 2.75) is 45.6 Å². The molecule has 2 heterocycles. The van der Waals surface area contributed by atoms with Gasteiger partial charge in [0.2, 0.25) is 5.91 Å². The molecule has 2 rings (SSSR count). The number of nitrogens with one attached hydrogen (secondary N) is 2. The zero-order chi connectivity index (χ0) is 15.4. The van der Waals surface area contributed by atoms with E-state index in [4.69, 9.17) is 18.0 Å². The highest BCUT2D eigenvalue weighted by molar-refractivity contribution is 7.80. The second kappa shape index (κ2) is 6.80. The van der Waals surface area contributed by atoms with Crippen LogP contribution in [0, 0.1) is 0 Å². The second-order valence-electron chi connectivity index (χ2n) is 5.10. The van der Waals surface area contributed by atoms with Crippen LogP contribution in [0.25, 0.3) is 0 Å². The molecule has 1 aliphatic heterocycles. The molecule has 1 saturated heterocycles. The molecule has 4 N–H and O–H groups in total. The van der Waals surface area contributed by atoms with Crippen LogP contribution >= 0.6 is 12.2 Å². The van der Waals surface area contributed by atoms with Crippen LogP contribution in [0.2, 0.25) is 0 Å². The average molecular weight is 307 g/mol. The highest BCUT2D eigenvalue weighted by atomic mass is 32.1. The Labute approximate surface area is 129 Å². The van der Waals surface area contributed by atoms with Gasteiger partial charge in [-0.05, 0) is 24.8 Å². The molecule has 0 spiro atoms. The largest absolute Gasteiger partial charge is 0.389 e. The van der Waals surface area contributed by atoms with Gasteiger partial charge in [-0.3, -0.25) is 4.79 Å². The lowest BCUT2D eigenvalue weighted by Crippen LogP contribution is -2.42. The molecule has 1 aromatic rings. The summed E-state index contributed by atoms with van der Waals surface area (Å²) in [5.41, 5.74) is 8.67. The highest BCUT2D eigenvalue weighted by Gasteiger charge is 2.22. The minimum Gasteiger partial charge on any atom is -0.389 e. The number of nitrogens with two attached hydrogens (primary N) is 1. The van der Waals surface area contributed by atoms with E-state index in [2.05, 4.69) is 27.8 Å². The molecule has 7 heteroatoms. The summed E-state index contributed by atoms with van der Waals surface area (Å²) in [5, 5.41) is 14.7. The molecule has 1 amide bonds. The van der Waals surface area contributed by atoms with Crippen molar-refractivity contribution in [3.63, 3.8) is 0 Å². The van der Waals surface area contributed by atoms with Crippen molar-refractivity contribution in [3.8, 4) is 0 Å². The zero-order valence-corrected chi connectivity index (χ0v) is 13.2. The van der Waals surface area contributed by atoms with Crippen molar-refractivity contribution in [2.75, 3.05) is 11.9 Å². The van der Waals surface area contributed by atoms with E-state index >= 15 is 0 Å². The summed E-state index contributed by atoms with van der Waals surface area (Å²) < 4.78 is 0. The SMILES string of the molecule is CCc1nnc(NC2CCC(=O)NC2)c(C(N)=S)c1CC. The first-order valence-corrected chi connectivity index (χ1v) is 7.69. The predicted molar refractivity (Wildman–Crippen MR) is 86.3 cm³/mol. The van der Waals surface area contributed by atoms with Gasteiger partial charge in [0.15, 0.2) is 5.82 Å². The van der Waals surface area contributed by atoms with E-state index in [1.54, 1.807) is 0 Å². The molecular weight excluding hydrogens is 286 g/mol. The number of piperidine rings is 1. The maximum absolute atomic E-state index is 11.2. The number of rotatable bonds is 5. The lowest BCUT2D eigenvalue weighted by molar-refractivity contribution is -0.122. The van der Waals surface area contributed by atoms with Crippen LogP contribution < -0.4 is 16.4 Å². The van der Waals surface area contributed by atoms with Gasteiger partial charge in [0.05, 0.1) is 11.3 Å². The van der Waals surface area contributed by atoms with Crippen LogP contribution in [0.1, 0.15) is 43.5 Å². The second-order valence-corrected chi connectivity index (χ2v) is 5.54. The maximum Gasteiger partial charge on any atom is 0.220 e. The summed E-state index contributed by atoms with van der Waals surface area (Å²) in [6, 6.07) is 0.127. The molecule has 1 aliphatic rings. The topological polar surface area (TPSA) is 92.9 Å². The monoisotopic (exact) mass is 307 g/mol. The molecular formula is C14H21N5OS. The van der Waals surface area contributed by atoms with E-state index in [1.165, 1.54) is 0 Å². The van der Waals surface area contributed by atoms with Gasteiger partial charge >= 0.3 is 0 Å². The molecule has 114 valence electrons. The molecule has 6 nitrogen and oxygen atoms in total. The fourth-order valence-electron chi connectivity index (χ4n) is 2.59. The number of aryl methyl sites for hydroxylation is 1. The molecule has 1 unspecified atom stereocenters. The Morgan fingerprint density at radius 3 is 2.71 bits per heavy atom. The van der Waals surface area contributed by atoms with Crippen LogP contribution in [0.15, 0.2) is 0 Å². The van der Waals surface area contributed by atoms with E-state index in [0.717, 1.165) is 36.1 Å². The van der Waals surface area contributed by atoms with Crippen molar-refractivity contribution >= 4 is 28.9 Å². The standard InChI is InChI=1S/C14H21N5OS/c1-3-9-10(4-2)18-19-14(12(9)13(15)21)17-8-5-6-11(20)16-7-8/h8H,3-7H2,1-2H3,(H2,15,21)(H,16,20)(H,17,19). The molecule has 1 atom stereocenters. The minimum absolute atomic E-state index is 0.0873. The van der Waals surface area contributed by atoms with Crippen molar-refractivity contribution in [1.82, 2.24) is 15.5 Å². The summed E-state index contributed by atoms with van der Waals surface area (Å²) in [4.78, 5) is 11.5. The molecule has 0 radical (unpaired) electrons. The van der Waals surface area contributed by atoms with E-state index in [1.807, 2.05) is 6.92 Å². The Hall–Kier alpha value is -1.76. The summed E-state index contributed by atoms with van der Waals surface area (Å²) >= 11 is 5.20. The quantitative estimate of drug-likeness (QED) is 0.701. The third-order valence-electron chi connectivity index (χ3n) is 3.70. The lowest BCUT2D eigenvalue weighted by atomic mass is 10.0. The van der Waals surface area contributed by atoms with Gasteiger partial charge in [-0.1, -0.05) is 26.1 Å². The van der Waals surface area contributed by atoms with Gasteiger partial charge in [0.1, 0.15) is 4.99 Å². The number of anilines is 1. The Morgan fingerprint density at radius 2 is 2.19 bits per heavy atom. The van der Waals surface area contributed by atoms with Gasteiger partial charge in [0, 0.05) is 19.0 Å². The van der Waals surface area contributed by atoms with E-state index in [9.17, 15) is 4.79 Å². The van der Waals surface area contributed by atoms with Crippen LogP contribution in [-0.2, 0) is 17.6 Å². The number of carbonyl (C=O) groups excluding carboxylic acids is 1. The summed E-state index contributed by atoms with van der Waals surface area (Å²) in [6.45, 7) is 4.67. The van der Waals surface area contributed by atoms with Gasteiger partial charge in [0.25, 0.3) is 0 Å². The molecule has 0 aliphatic carbocycles. The van der Waals surface area contributed by atoms with Crippen LogP contribution in [-0.4, -0.2) is 33.7 Å². The number of nitrogens with zero attached hydrogens (tertiary/aromatic N) is 2. The smallest absolute Gasteiger partial charge is 0.220 e. The van der Waals surface area contributed by atoms with Crippen molar-refractivity contribution in [1.29, 1.82) is 0 Å². The first kappa shape index (κ1) is 15.6. The summed E-state index contributed by atoms with van der Waals surface area (Å²) in [5.74, 6) is 0.710. The minimum atomic E-state index is 0.0873. The number of amides is 1. The van der Waals surface area contributed by atoms with E-state index in [0.29, 0.717) is 23.8 Å². The fraction of sp³-hybridized carbons (Fsp3) is 0.571. The van der Waals surface area contributed by atoms with Crippen LogP contribution in [0.4, 0.5) is 5.82 Å². The molecule has 0 saturated carbocycles. The number of aromatic nitrogens is 2. The number of hydrogen-bond donors (Lipinski definition) is 3. The Bertz CT molecular complexity index is 551. The summed E-state index contributed by atoms with van der Waals surface area (Å²) in [6.07, 6.45) is 2.88. The molecule has 1 aromatic heterocycles. The van der Waals surface area contributed by atoms with Crippen LogP contribution in [0.5, 0.6) is 0 Å². The zero-order valence-electron chi connectivity index (χ0n) is 12.4. The fourth-order valence-corrected chi connectivity index (χ4v) is 2.81. The van der Waals surface area contributed by atoms with Gasteiger partial charge in [-0.25, -0.2) is 0 Å². The highest BCUT2D eigenvalue weighted by Crippen LogP contribution is 2.22. The van der Waals surface area contributed by atoms with Crippen molar-refractivity contribution < 1.29 is 4.79 Å². The lowest BCUT2D eigenvalue weighted by Gasteiger charge is -2.25. The maximum atomic E-state index is 11.2. The predicted octanol–water partition coefficient (Wildman–Crippen LogP) is 0.926. The van der Waals surface area contributed by atoms with E-state index in [-0.39, 0.29) is 11.9 Å². The third kappa shape index (κ3) is 3.47. The first-order valence-electron chi connectivity index (χ1n) is 7.28. The Morgan fingerprint density at radius 1 is 1.43 bits per heavy atom. The molecule has 0 aromatic carbocycles. The van der Waals surface area contributed by atoms with E-state index < -0.39 is 0 Å². The number of hydrogen-bond acceptors (Lipinski definition) is 5. The van der Waals surface area contributed by atoms with Crippen molar-refractivity contribution in [3.05, 3.63) is 16.8 Å². The van der Waals surface area contributed by atoms with Crippen LogP contribution in [0.3, 0.4) is 0 Å². The normalized spacial score (nSPS) is 18.2. The average Bonchev–Trinajstić information content (AvgIpc) is 2.48. The third-order valence-corrected chi connectivity index (χ3v) is 3.90. The molecule has 1 fully saturated rings. The van der Waals surface area contributed by atoms with Gasteiger partial charge in [-0.15, -0.1) is 5.10 Å². The van der Waals surface area contributed by atoms with Gasteiger partial charge < -0.3 is 16.4 Å².